The predicted octanol–water partition coefficient (Wildman–Crippen LogP) is 2.44. The Hall–Kier alpha value is -1.82. The monoisotopic (exact) mass is 312 g/mol. The van der Waals surface area contributed by atoms with Crippen LogP contribution in [-0.2, 0) is 0 Å². The van der Waals surface area contributed by atoms with Gasteiger partial charge in [-0.15, -0.1) is 0 Å². The van der Waals surface area contributed by atoms with Gasteiger partial charge < -0.3 is 20.5 Å². The van der Waals surface area contributed by atoms with Crippen molar-refractivity contribution in [3.8, 4) is 5.75 Å². The molecular formula is C16H25FN2O3. The van der Waals surface area contributed by atoms with Crippen LogP contribution in [0.3, 0.4) is 0 Å². The molecule has 0 heterocycles. The van der Waals surface area contributed by atoms with Gasteiger partial charge in [-0.25, -0.2) is 9.18 Å². The third-order valence-corrected chi connectivity index (χ3v) is 3.61. The first kappa shape index (κ1) is 18.2. The summed E-state index contributed by atoms with van der Waals surface area (Å²) in [5, 5.41) is 15.3. The number of hydrogen-bond donors (Lipinski definition) is 3. The third kappa shape index (κ3) is 5.89. The molecule has 1 atom stereocenters. The van der Waals surface area contributed by atoms with Gasteiger partial charge in [-0.3, -0.25) is 0 Å². The topological polar surface area (TPSA) is 70.6 Å². The molecule has 0 aliphatic carbocycles. The lowest BCUT2D eigenvalue weighted by Gasteiger charge is -2.25. The van der Waals surface area contributed by atoms with Crippen molar-refractivity contribution >= 4 is 6.03 Å². The molecule has 1 unspecified atom stereocenters. The number of ether oxygens (including phenoxy) is 1. The van der Waals surface area contributed by atoms with E-state index in [4.69, 9.17) is 4.74 Å². The number of halogens is 1. The van der Waals surface area contributed by atoms with Crippen LogP contribution in [0.1, 0.15) is 33.6 Å². The minimum Gasteiger partial charge on any atom is -0.486 e. The van der Waals surface area contributed by atoms with E-state index in [1.807, 2.05) is 13.8 Å². The minimum atomic E-state index is -0.882. The van der Waals surface area contributed by atoms with Crippen LogP contribution in [0.5, 0.6) is 5.75 Å². The van der Waals surface area contributed by atoms with E-state index < -0.39 is 11.4 Å². The number of carbonyl (C=O) groups is 1. The molecule has 0 bridgehead atoms. The molecule has 0 aromatic heterocycles. The molecule has 0 spiro atoms. The van der Waals surface area contributed by atoms with Gasteiger partial charge in [0.15, 0.2) is 11.6 Å². The Bertz CT molecular complexity index is 478. The summed E-state index contributed by atoms with van der Waals surface area (Å²) in [5.74, 6) is -0.279. The number of aliphatic hydroxyl groups is 1. The summed E-state index contributed by atoms with van der Waals surface area (Å²) >= 11 is 0. The molecule has 0 aliphatic heterocycles. The maximum atomic E-state index is 13.4. The molecule has 1 aromatic rings. The van der Waals surface area contributed by atoms with Crippen LogP contribution < -0.4 is 15.4 Å². The highest BCUT2D eigenvalue weighted by molar-refractivity contribution is 5.73. The Morgan fingerprint density at radius 3 is 2.55 bits per heavy atom. The van der Waals surface area contributed by atoms with Crippen molar-refractivity contribution in [3.63, 3.8) is 0 Å². The van der Waals surface area contributed by atoms with Crippen molar-refractivity contribution in [3.05, 3.63) is 30.1 Å². The zero-order valence-corrected chi connectivity index (χ0v) is 13.4. The Labute approximate surface area is 130 Å². The second kappa shape index (κ2) is 8.58. The van der Waals surface area contributed by atoms with Gasteiger partial charge in [-0.1, -0.05) is 26.0 Å². The summed E-state index contributed by atoms with van der Waals surface area (Å²) in [5.41, 5.74) is -0.882. The highest BCUT2D eigenvalue weighted by atomic mass is 19.1. The van der Waals surface area contributed by atoms with Crippen molar-refractivity contribution in [2.75, 3.05) is 13.1 Å². The van der Waals surface area contributed by atoms with Gasteiger partial charge in [-0.05, 0) is 31.9 Å². The molecule has 1 aromatic carbocycles. The Morgan fingerprint density at radius 1 is 1.32 bits per heavy atom. The molecule has 0 saturated heterocycles. The lowest BCUT2D eigenvalue weighted by Crippen LogP contribution is -2.47. The van der Waals surface area contributed by atoms with Crippen LogP contribution in [0.15, 0.2) is 24.3 Å². The normalized spacial score (nSPS) is 12.6. The van der Waals surface area contributed by atoms with Crippen LogP contribution in [0.2, 0.25) is 0 Å². The molecule has 6 heteroatoms. The highest BCUT2D eigenvalue weighted by Gasteiger charge is 2.22. The number of para-hydroxylation sites is 1. The number of rotatable bonds is 8. The number of carbonyl (C=O) groups excluding carboxylic acids is 1. The van der Waals surface area contributed by atoms with E-state index in [1.54, 1.807) is 19.1 Å². The molecule has 0 fully saturated rings. The maximum absolute atomic E-state index is 13.4. The van der Waals surface area contributed by atoms with Crippen molar-refractivity contribution in [1.29, 1.82) is 0 Å². The Morgan fingerprint density at radius 2 is 1.95 bits per heavy atom. The summed E-state index contributed by atoms with van der Waals surface area (Å²) in [6.07, 6.45) is 0.756. The summed E-state index contributed by atoms with van der Waals surface area (Å²) in [6, 6.07) is 5.74. The summed E-state index contributed by atoms with van der Waals surface area (Å²) in [6.45, 7) is 5.90. The number of benzene rings is 1. The first-order valence-corrected chi connectivity index (χ1v) is 7.55. The first-order chi connectivity index (χ1) is 10.4. The summed E-state index contributed by atoms with van der Waals surface area (Å²) in [4.78, 5) is 11.7. The molecule has 5 nitrogen and oxygen atoms in total. The van der Waals surface area contributed by atoms with Gasteiger partial charge in [0.1, 0.15) is 6.10 Å². The van der Waals surface area contributed by atoms with E-state index in [1.165, 1.54) is 12.1 Å². The fourth-order valence-electron chi connectivity index (χ4n) is 1.84. The van der Waals surface area contributed by atoms with Crippen molar-refractivity contribution in [2.45, 2.75) is 45.3 Å². The minimum absolute atomic E-state index is 0.156. The average molecular weight is 312 g/mol. The SMILES string of the molecule is CCC(O)(CC)CNC(=O)NCC(C)Oc1ccccc1F. The molecule has 0 radical (unpaired) electrons. The van der Waals surface area contributed by atoms with Gasteiger partial charge in [0.25, 0.3) is 0 Å². The molecule has 124 valence electrons. The first-order valence-electron chi connectivity index (χ1n) is 7.55. The Balaban J connectivity index is 2.33. The number of nitrogens with one attached hydrogen (secondary N) is 2. The van der Waals surface area contributed by atoms with Crippen LogP contribution in [0, 0.1) is 5.82 Å². The fraction of sp³-hybridized carbons (Fsp3) is 0.562. The molecule has 3 N–H and O–H groups in total. The van der Waals surface area contributed by atoms with Crippen LogP contribution in [0.25, 0.3) is 0 Å². The average Bonchev–Trinajstić information content (AvgIpc) is 2.53. The zero-order chi connectivity index (χ0) is 16.6. The molecular weight excluding hydrogens is 287 g/mol. The summed E-state index contributed by atoms with van der Waals surface area (Å²) in [7, 11) is 0. The fourth-order valence-corrected chi connectivity index (χ4v) is 1.84. The van der Waals surface area contributed by atoms with Gasteiger partial charge in [0.2, 0.25) is 0 Å². The molecule has 0 saturated carbocycles. The van der Waals surface area contributed by atoms with Crippen molar-refractivity contribution in [1.82, 2.24) is 10.6 Å². The third-order valence-electron chi connectivity index (χ3n) is 3.61. The lowest BCUT2D eigenvalue weighted by atomic mass is 9.98. The molecule has 22 heavy (non-hydrogen) atoms. The number of hydrogen-bond acceptors (Lipinski definition) is 3. The van der Waals surface area contributed by atoms with E-state index in [2.05, 4.69) is 10.6 Å². The van der Waals surface area contributed by atoms with E-state index in [0.29, 0.717) is 12.8 Å². The van der Waals surface area contributed by atoms with E-state index in [-0.39, 0.29) is 31.0 Å². The Kier molecular flexibility index (Phi) is 7.11. The van der Waals surface area contributed by atoms with E-state index >= 15 is 0 Å². The quantitative estimate of drug-likeness (QED) is 0.690. The lowest BCUT2D eigenvalue weighted by molar-refractivity contribution is 0.0349. The maximum Gasteiger partial charge on any atom is 0.315 e. The van der Waals surface area contributed by atoms with E-state index in [9.17, 15) is 14.3 Å². The highest BCUT2D eigenvalue weighted by Crippen LogP contribution is 2.16. The van der Waals surface area contributed by atoms with Gasteiger partial charge in [-0.2, -0.15) is 0 Å². The zero-order valence-electron chi connectivity index (χ0n) is 13.4. The van der Waals surface area contributed by atoms with E-state index in [0.717, 1.165) is 0 Å². The van der Waals surface area contributed by atoms with Crippen molar-refractivity contribution in [2.24, 2.45) is 0 Å². The largest absolute Gasteiger partial charge is 0.486 e. The van der Waals surface area contributed by atoms with Crippen molar-refractivity contribution < 1.29 is 19.0 Å². The van der Waals surface area contributed by atoms with Gasteiger partial charge >= 0.3 is 6.03 Å². The smallest absolute Gasteiger partial charge is 0.315 e. The van der Waals surface area contributed by atoms with Gasteiger partial charge in [0.05, 0.1) is 12.1 Å². The number of urea groups is 1. The second-order valence-electron chi connectivity index (χ2n) is 5.35. The number of amides is 2. The molecule has 2 amide bonds. The molecule has 0 aliphatic rings. The summed E-state index contributed by atoms with van der Waals surface area (Å²) < 4.78 is 18.8. The second-order valence-corrected chi connectivity index (χ2v) is 5.35. The predicted molar refractivity (Wildman–Crippen MR) is 83.4 cm³/mol. The van der Waals surface area contributed by atoms with Crippen LogP contribution in [0.4, 0.5) is 9.18 Å². The van der Waals surface area contributed by atoms with Gasteiger partial charge in [0, 0.05) is 6.54 Å². The van der Waals surface area contributed by atoms with Crippen LogP contribution >= 0.6 is 0 Å². The standard InChI is InChI=1S/C16H25FN2O3/c1-4-16(21,5-2)11-19-15(20)18-10-12(3)22-14-9-7-6-8-13(14)17/h6-9,12,21H,4-5,10-11H2,1-3H3,(H2,18,19,20). The molecule has 1 rings (SSSR count). The van der Waals surface area contributed by atoms with Crippen LogP contribution in [-0.4, -0.2) is 35.9 Å².